The highest BCUT2D eigenvalue weighted by atomic mass is 16.3. The lowest BCUT2D eigenvalue weighted by Crippen LogP contribution is -2.41. The fourth-order valence-corrected chi connectivity index (χ4v) is 4.21. The SMILES string of the molecule is Cc1cc(C#N)cc(O)c1-c1cc2c(nn1)N([C@@H]1CCN(C)C1)CCC2. The van der Waals surface area contributed by atoms with Crippen molar-refractivity contribution in [3.05, 3.63) is 34.9 Å². The average molecular weight is 349 g/mol. The first-order valence-electron chi connectivity index (χ1n) is 9.12. The number of aryl methyl sites for hydroxylation is 2. The Kier molecular flexibility index (Phi) is 4.25. The zero-order chi connectivity index (χ0) is 18.3. The molecular weight excluding hydrogens is 326 g/mol. The minimum Gasteiger partial charge on any atom is -0.507 e. The molecule has 0 amide bonds. The molecule has 1 aromatic heterocycles. The van der Waals surface area contributed by atoms with E-state index in [0.29, 0.717) is 22.9 Å². The zero-order valence-electron chi connectivity index (χ0n) is 15.2. The topological polar surface area (TPSA) is 76.3 Å². The van der Waals surface area contributed by atoms with Crippen molar-refractivity contribution in [3.63, 3.8) is 0 Å². The minimum absolute atomic E-state index is 0.0842. The van der Waals surface area contributed by atoms with Crippen LogP contribution in [0.2, 0.25) is 0 Å². The third-order valence-electron chi connectivity index (χ3n) is 5.47. The maximum absolute atomic E-state index is 10.4. The number of hydrogen-bond donors (Lipinski definition) is 1. The van der Waals surface area contributed by atoms with Gasteiger partial charge in [0.15, 0.2) is 5.82 Å². The van der Waals surface area contributed by atoms with Gasteiger partial charge in [-0.3, -0.25) is 0 Å². The second kappa shape index (κ2) is 6.58. The number of benzene rings is 1. The van der Waals surface area contributed by atoms with E-state index in [1.807, 2.05) is 6.92 Å². The van der Waals surface area contributed by atoms with Gasteiger partial charge in [-0.2, -0.15) is 5.26 Å². The second-order valence-electron chi connectivity index (χ2n) is 7.38. The molecule has 2 aromatic rings. The molecule has 0 saturated carbocycles. The van der Waals surface area contributed by atoms with Gasteiger partial charge in [0.25, 0.3) is 0 Å². The molecule has 1 N–H and O–H groups in total. The molecule has 1 fully saturated rings. The smallest absolute Gasteiger partial charge is 0.154 e. The molecule has 0 radical (unpaired) electrons. The Morgan fingerprint density at radius 1 is 1.23 bits per heavy atom. The molecule has 4 rings (SSSR count). The van der Waals surface area contributed by atoms with Gasteiger partial charge in [-0.1, -0.05) is 0 Å². The Hall–Kier alpha value is -2.65. The molecule has 2 aliphatic rings. The van der Waals surface area contributed by atoms with Gasteiger partial charge in [-0.15, -0.1) is 10.2 Å². The summed E-state index contributed by atoms with van der Waals surface area (Å²) in [5.41, 5.74) is 3.82. The van der Waals surface area contributed by atoms with E-state index in [2.05, 4.69) is 39.2 Å². The lowest BCUT2D eigenvalue weighted by Gasteiger charge is -2.34. The summed E-state index contributed by atoms with van der Waals surface area (Å²) in [4.78, 5) is 4.77. The summed E-state index contributed by atoms with van der Waals surface area (Å²) < 4.78 is 0. The fraction of sp³-hybridized carbons (Fsp3) is 0.450. The number of aromatic hydroxyl groups is 1. The summed E-state index contributed by atoms with van der Waals surface area (Å²) in [6.07, 6.45) is 3.25. The monoisotopic (exact) mass is 349 g/mol. The first-order valence-corrected chi connectivity index (χ1v) is 9.12. The van der Waals surface area contributed by atoms with E-state index in [0.717, 1.165) is 50.3 Å². The number of rotatable bonds is 2. The van der Waals surface area contributed by atoms with Crippen molar-refractivity contribution < 1.29 is 5.11 Å². The van der Waals surface area contributed by atoms with E-state index in [1.54, 1.807) is 6.07 Å². The first-order chi connectivity index (χ1) is 12.6. The summed E-state index contributed by atoms with van der Waals surface area (Å²) in [6.45, 7) is 5.11. The quantitative estimate of drug-likeness (QED) is 0.898. The van der Waals surface area contributed by atoms with Crippen LogP contribution in [0.3, 0.4) is 0 Å². The molecule has 26 heavy (non-hydrogen) atoms. The number of fused-ring (bicyclic) bond motifs is 1. The van der Waals surface area contributed by atoms with Gasteiger partial charge in [0.05, 0.1) is 17.3 Å². The van der Waals surface area contributed by atoms with Crippen molar-refractivity contribution in [2.75, 3.05) is 31.6 Å². The van der Waals surface area contributed by atoms with Crippen molar-refractivity contribution in [1.29, 1.82) is 5.26 Å². The van der Waals surface area contributed by atoms with Crippen LogP contribution in [0.15, 0.2) is 18.2 Å². The Bertz CT molecular complexity index is 865. The third-order valence-corrected chi connectivity index (χ3v) is 5.47. The van der Waals surface area contributed by atoms with Gasteiger partial charge in [0.2, 0.25) is 0 Å². The molecule has 3 heterocycles. The zero-order valence-corrected chi connectivity index (χ0v) is 15.2. The van der Waals surface area contributed by atoms with Crippen molar-refractivity contribution in [2.24, 2.45) is 0 Å². The molecule has 1 saturated heterocycles. The summed E-state index contributed by atoms with van der Waals surface area (Å²) in [5.74, 6) is 1.08. The molecule has 6 nitrogen and oxygen atoms in total. The fourth-order valence-electron chi connectivity index (χ4n) is 4.21. The summed E-state index contributed by atoms with van der Waals surface area (Å²) in [6, 6.07) is 7.90. The standard InChI is InChI=1S/C20H23N5O/c1-13-8-14(11-21)9-18(26)19(13)17-10-15-4-3-6-25(20(15)23-22-17)16-5-7-24(2)12-16/h8-10,16,26H,3-7,12H2,1-2H3/t16-/m1/s1. The van der Waals surface area contributed by atoms with Gasteiger partial charge in [-0.05, 0) is 69.1 Å². The van der Waals surface area contributed by atoms with Crippen LogP contribution in [0.25, 0.3) is 11.3 Å². The molecule has 1 aromatic carbocycles. The van der Waals surface area contributed by atoms with Gasteiger partial charge in [0.1, 0.15) is 5.75 Å². The number of nitrogens with zero attached hydrogens (tertiary/aromatic N) is 5. The van der Waals surface area contributed by atoms with E-state index in [4.69, 9.17) is 5.26 Å². The molecule has 6 heteroatoms. The molecule has 0 aliphatic carbocycles. The van der Waals surface area contributed by atoms with Crippen molar-refractivity contribution in [1.82, 2.24) is 15.1 Å². The predicted molar refractivity (Wildman–Crippen MR) is 100 cm³/mol. The van der Waals surface area contributed by atoms with Gasteiger partial charge in [-0.25, -0.2) is 0 Å². The van der Waals surface area contributed by atoms with Crippen LogP contribution in [-0.2, 0) is 6.42 Å². The van der Waals surface area contributed by atoms with Crippen molar-refractivity contribution >= 4 is 5.82 Å². The summed E-state index contributed by atoms with van der Waals surface area (Å²) >= 11 is 0. The average Bonchev–Trinajstić information content (AvgIpc) is 3.06. The summed E-state index contributed by atoms with van der Waals surface area (Å²) in [5, 5.41) is 28.4. The Morgan fingerprint density at radius 2 is 2.08 bits per heavy atom. The number of anilines is 1. The molecular formula is C20H23N5O. The highest BCUT2D eigenvalue weighted by Crippen LogP contribution is 2.36. The normalized spacial score (nSPS) is 20.0. The van der Waals surface area contributed by atoms with E-state index >= 15 is 0 Å². The van der Waals surface area contributed by atoms with Crippen LogP contribution < -0.4 is 4.90 Å². The van der Waals surface area contributed by atoms with Gasteiger partial charge >= 0.3 is 0 Å². The van der Waals surface area contributed by atoms with Gasteiger partial charge < -0.3 is 14.9 Å². The highest BCUT2D eigenvalue weighted by molar-refractivity contribution is 5.73. The van der Waals surface area contributed by atoms with E-state index in [-0.39, 0.29) is 5.75 Å². The second-order valence-corrected chi connectivity index (χ2v) is 7.38. The number of phenols is 1. The first kappa shape index (κ1) is 16.8. The number of aromatic nitrogens is 2. The highest BCUT2D eigenvalue weighted by Gasteiger charge is 2.30. The predicted octanol–water partition coefficient (Wildman–Crippen LogP) is 2.49. The Labute approximate surface area is 153 Å². The van der Waals surface area contributed by atoms with Crippen molar-refractivity contribution in [3.8, 4) is 23.1 Å². The van der Waals surface area contributed by atoms with Crippen LogP contribution in [0.1, 0.15) is 29.5 Å². The number of hydrogen-bond acceptors (Lipinski definition) is 6. The van der Waals surface area contributed by atoms with Crippen LogP contribution in [0.4, 0.5) is 5.82 Å². The molecule has 134 valence electrons. The Morgan fingerprint density at radius 3 is 2.77 bits per heavy atom. The molecule has 0 bridgehead atoms. The summed E-state index contributed by atoms with van der Waals surface area (Å²) in [7, 11) is 2.16. The third kappa shape index (κ3) is 2.89. The molecule has 0 spiro atoms. The van der Waals surface area contributed by atoms with Crippen LogP contribution in [0, 0.1) is 18.3 Å². The van der Waals surface area contributed by atoms with Gasteiger partial charge in [0, 0.05) is 24.7 Å². The number of phenolic OH excluding ortho intramolecular Hbond substituents is 1. The largest absolute Gasteiger partial charge is 0.507 e. The number of likely N-dealkylation sites (tertiary alicyclic amines) is 1. The van der Waals surface area contributed by atoms with E-state index < -0.39 is 0 Å². The minimum atomic E-state index is 0.0842. The lowest BCUT2D eigenvalue weighted by atomic mass is 9.98. The molecule has 0 unspecified atom stereocenters. The maximum atomic E-state index is 10.4. The van der Waals surface area contributed by atoms with Crippen molar-refractivity contribution in [2.45, 2.75) is 32.2 Å². The maximum Gasteiger partial charge on any atom is 0.154 e. The van der Waals surface area contributed by atoms with Crippen LogP contribution in [0.5, 0.6) is 5.75 Å². The van der Waals surface area contributed by atoms with Crippen LogP contribution in [-0.4, -0.2) is 52.9 Å². The number of nitriles is 1. The lowest BCUT2D eigenvalue weighted by molar-refractivity contribution is 0.405. The Balaban J connectivity index is 1.71. The number of likely N-dealkylation sites (N-methyl/N-ethyl adjacent to an activating group) is 1. The molecule has 1 atom stereocenters. The molecule has 2 aliphatic heterocycles. The van der Waals surface area contributed by atoms with E-state index in [9.17, 15) is 5.11 Å². The van der Waals surface area contributed by atoms with Crippen LogP contribution >= 0.6 is 0 Å². The van der Waals surface area contributed by atoms with E-state index in [1.165, 1.54) is 11.6 Å².